The Kier molecular flexibility index (Phi) is 5.55. The van der Waals surface area contributed by atoms with Gasteiger partial charge in [0.25, 0.3) is 0 Å². The van der Waals surface area contributed by atoms with Gasteiger partial charge in [0.1, 0.15) is 0 Å². The number of nitrogens with one attached hydrogen (secondary N) is 1. The van der Waals surface area contributed by atoms with Crippen molar-refractivity contribution in [2.24, 2.45) is 0 Å². The lowest BCUT2D eigenvalue weighted by molar-refractivity contribution is -0.192. The van der Waals surface area contributed by atoms with Crippen molar-refractivity contribution in [2.75, 3.05) is 13.1 Å². The molecule has 2 heterocycles. The zero-order valence-electron chi connectivity index (χ0n) is 13.7. The Hall–Kier alpha value is -1.60. The predicted molar refractivity (Wildman–Crippen MR) is 82.9 cm³/mol. The van der Waals surface area contributed by atoms with E-state index in [0.29, 0.717) is 5.92 Å². The Labute approximate surface area is 139 Å². The third-order valence-corrected chi connectivity index (χ3v) is 4.55. The summed E-state index contributed by atoms with van der Waals surface area (Å²) in [6.07, 6.45) is -2.71. The van der Waals surface area contributed by atoms with Gasteiger partial charge >= 0.3 is 12.1 Å². The van der Waals surface area contributed by atoms with Gasteiger partial charge in [-0.15, -0.1) is 0 Å². The van der Waals surface area contributed by atoms with Gasteiger partial charge in [0.2, 0.25) is 0 Å². The molecule has 0 radical (unpaired) electrons. The molecular formula is C17H22F3NO3. The van der Waals surface area contributed by atoms with Crippen LogP contribution in [-0.4, -0.2) is 35.9 Å². The van der Waals surface area contributed by atoms with Crippen LogP contribution in [-0.2, 0) is 22.6 Å². The first-order chi connectivity index (χ1) is 11.2. The van der Waals surface area contributed by atoms with Crippen LogP contribution >= 0.6 is 0 Å². The van der Waals surface area contributed by atoms with Gasteiger partial charge in [-0.3, -0.25) is 0 Å². The Morgan fingerprint density at radius 1 is 1.46 bits per heavy atom. The first kappa shape index (κ1) is 18.7. The molecule has 0 saturated carbocycles. The summed E-state index contributed by atoms with van der Waals surface area (Å²) in [4.78, 5) is 8.90. The van der Waals surface area contributed by atoms with E-state index in [2.05, 4.69) is 37.4 Å². The molecule has 3 rings (SSSR count). The molecule has 1 aromatic carbocycles. The number of aliphatic carboxylic acids is 1. The number of rotatable bonds is 2. The molecule has 1 fully saturated rings. The third kappa shape index (κ3) is 3.89. The van der Waals surface area contributed by atoms with Crippen LogP contribution in [0.1, 0.15) is 42.9 Å². The van der Waals surface area contributed by atoms with Crippen molar-refractivity contribution in [3.8, 4) is 0 Å². The largest absolute Gasteiger partial charge is 0.490 e. The maximum absolute atomic E-state index is 10.6. The molecule has 1 aromatic rings. The second-order valence-electron chi connectivity index (χ2n) is 6.32. The van der Waals surface area contributed by atoms with Crippen molar-refractivity contribution in [1.29, 1.82) is 0 Å². The highest BCUT2D eigenvalue weighted by Gasteiger charge is 2.44. The number of aryl methyl sites for hydroxylation is 1. The number of halogens is 3. The molecule has 134 valence electrons. The standard InChI is InChI=1S/C15H21NO.C2HF3O2/c1-3-5-11-6-4-7-12-13(11)9-17-15(2)10-16-8-14(12)15;3-2(4,5)1(6)7/h4,6-7,14,16H,3,5,8-10H2,1-2H3;(H,6,7)/t14-,15-;/m0./s1. The quantitative estimate of drug-likeness (QED) is 0.864. The number of ether oxygens (including phenoxy) is 1. The van der Waals surface area contributed by atoms with Gasteiger partial charge in [0.15, 0.2) is 0 Å². The zero-order chi connectivity index (χ0) is 18.0. The number of carboxylic acid groups (broad SMARTS) is 1. The minimum absolute atomic E-state index is 0.0117. The minimum atomic E-state index is -5.08. The van der Waals surface area contributed by atoms with Crippen LogP contribution in [0.2, 0.25) is 0 Å². The van der Waals surface area contributed by atoms with Crippen LogP contribution in [0, 0.1) is 0 Å². The van der Waals surface area contributed by atoms with Crippen molar-refractivity contribution in [3.63, 3.8) is 0 Å². The lowest BCUT2D eigenvalue weighted by atomic mass is 9.80. The maximum atomic E-state index is 10.6. The molecule has 2 aliphatic heterocycles. The number of carboxylic acids is 1. The third-order valence-electron chi connectivity index (χ3n) is 4.55. The molecule has 1 saturated heterocycles. The number of fused-ring (bicyclic) bond motifs is 3. The second kappa shape index (κ2) is 7.11. The number of hydrogen-bond acceptors (Lipinski definition) is 3. The van der Waals surface area contributed by atoms with Crippen molar-refractivity contribution < 1.29 is 27.8 Å². The van der Waals surface area contributed by atoms with E-state index in [0.717, 1.165) is 19.7 Å². The number of alkyl halides is 3. The van der Waals surface area contributed by atoms with Crippen LogP contribution in [0.15, 0.2) is 18.2 Å². The van der Waals surface area contributed by atoms with Gasteiger partial charge in [0, 0.05) is 19.0 Å². The summed E-state index contributed by atoms with van der Waals surface area (Å²) in [6, 6.07) is 6.78. The average molecular weight is 345 g/mol. The minimum Gasteiger partial charge on any atom is -0.475 e. The Bertz CT molecular complexity index is 603. The summed E-state index contributed by atoms with van der Waals surface area (Å²) in [5.74, 6) is -2.23. The van der Waals surface area contributed by atoms with Gasteiger partial charge < -0.3 is 15.2 Å². The van der Waals surface area contributed by atoms with Gasteiger partial charge in [-0.05, 0) is 30.0 Å². The smallest absolute Gasteiger partial charge is 0.475 e. The molecule has 0 aliphatic carbocycles. The van der Waals surface area contributed by atoms with Gasteiger partial charge in [-0.2, -0.15) is 13.2 Å². The zero-order valence-corrected chi connectivity index (χ0v) is 13.7. The van der Waals surface area contributed by atoms with E-state index in [1.54, 1.807) is 0 Å². The molecule has 24 heavy (non-hydrogen) atoms. The van der Waals surface area contributed by atoms with E-state index in [1.165, 1.54) is 29.5 Å². The van der Waals surface area contributed by atoms with Crippen molar-refractivity contribution in [3.05, 3.63) is 34.9 Å². The molecule has 2 atom stereocenters. The highest BCUT2D eigenvalue weighted by atomic mass is 19.4. The molecule has 0 amide bonds. The first-order valence-electron chi connectivity index (χ1n) is 7.94. The van der Waals surface area contributed by atoms with Crippen LogP contribution in [0.25, 0.3) is 0 Å². The van der Waals surface area contributed by atoms with Gasteiger partial charge in [-0.25, -0.2) is 4.79 Å². The molecule has 0 spiro atoms. The number of benzene rings is 1. The van der Waals surface area contributed by atoms with E-state index in [-0.39, 0.29) is 5.60 Å². The summed E-state index contributed by atoms with van der Waals surface area (Å²) in [5.41, 5.74) is 4.48. The molecule has 0 bridgehead atoms. The summed E-state index contributed by atoms with van der Waals surface area (Å²) in [5, 5.41) is 10.6. The van der Waals surface area contributed by atoms with Crippen LogP contribution in [0.5, 0.6) is 0 Å². The highest BCUT2D eigenvalue weighted by Crippen LogP contribution is 2.42. The maximum Gasteiger partial charge on any atom is 0.490 e. The van der Waals surface area contributed by atoms with Crippen molar-refractivity contribution in [2.45, 2.75) is 51.0 Å². The fourth-order valence-corrected chi connectivity index (χ4v) is 3.29. The monoisotopic (exact) mass is 345 g/mol. The van der Waals surface area contributed by atoms with E-state index >= 15 is 0 Å². The van der Waals surface area contributed by atoms with Crippen LogP contribution in [0.4, 0.5) is 13.2 Å². The lowest BCUT2D eigenvalue weighted by Gasteiger charge is -2.37. The Morgan fingerprint density at radius 2 is 2.12 bits per heavy atom. The van der Waals surface area contributed by atoms with Crippen LogP contribution in [0.3, 0.4) is 0 Å². The van der Waals surface area contributed by atoms with Crippen molar-refractivity contribution >= 4 is 5.97 Å². The second-order valence-corrected chi connectivity index (χ2v) is 6.32. The summed E-state index contributed by atoms with van der Waals surface area (Å²) < 4.78 is 37.9. The number of carbonyl (C=O) groups is 1. The molecule has 2 aliphatic rings. The fraction of sp³-hybridized carbons (Fsp3) is 0.588. The van der Waals surface area contributed by atoms with E-state index in [1.807, 2.05) is 0 Å². The average Bonchev–Trinajstić information content (AvgIpc) is 2.89. The molecular weight excluding hydrogens is 323 g/mol. The molecule has 4 nitrogen and oxygen atoms in total. The van der Waals surface area contributed by atoms with Crippen LogP contribution < -0.4 is 5.32 Å². The topological polar surface area (TPSA) is 58.6 Å². The summed E-state index contributed by atoms with van der Waals surface area (Å²) in [7, 11) is 0. The Balaban J connectivity index is 0.000000256. The van der Waals surface area contributed by atoms with E-state index in [9.17, 15) is 13.2 Å². The van der Waals surface area contributed by atoms with Crippen molar-refractivity contribution in [1.82, 2.24) is 5.32 Å². The lowest BCUT2D eigenvalue weighted by Crippen LogP contribution is -2.40. The summed E-state index contributed by atoms with van der Waals surface area (Å²) >= 11 is 0. The normalized spacial score (nSPS) is 25.3. The fourth-order valence-electron chi connectivity index (χ4n) is 3.29. The number of hydrogen-bond donors (Lipinski definition) is 2. The van der Waals surface area contributed by atoms with Gasteiger partial charge in [0.05, 0.1) is 12.2 Å². The highest BCUT2D eigenvalue weighted by molar-refractivity contribution is 5.73. The molecule has 0 aromatic heterocycles. The Morgan fingerprint density at radius 3 is 2.71 bits per heavy atom. The molecule has 7 heteroatoms. The van der Waals surface area contributed by atoms with E-state index in [4.69, 9.17) is 14.6 Å². The summed E-state index contributed by atoms with van der Waals surface area (Å²) in [6.45, 7) is 7.31. The van der Waals surface area contributed by atoms with E-state index < -0.39 is 12.1 Å². The predicted octanol–water partition coefficient (Wildman–Crippen LogP) is 3.25. The SMILES string of the molecule is CCCc1cccc2c1CO[C@@]1(C)CNC[C@@H]21.O=C(O)C(F)(F)F. The first-order valence-corrected chi connectivity index (χ1v) is 7.94. The van der Waals surface area contributed by atoms with Gasteiger partial charge in [-0.1, -0.05) is 31.5 Å². The molecule has 2 N–H and O–H groups in total. The molecule has 0 unspecified atom stereocenters.